The van der Waals surface area contributed by atoms with E-state index >= 15 is 0 Å². The van der Waals surface area contributed by atoms with Crippen LogP contribution in [0.4, 0.5) is 4.79 Å². The Bertz CT molecular complexity index is 1690. The number of H-pyrrole nitrogens is 1. The number of methoxy groups -OCH3 is 1. The molecule has 2 aliphatic heterocycles. The van der Waals surface area contributed by atoms with Crippen LogP contribution in [0.2, 0.25) is 0 Å². The van der Waals surface area contributed by atoms with E-state index < -0.39 is 36.1 Å². The minimum Gasteiger partial charge on any atom is -0.467 e. The highest BCUT2D eigenvalue weighted by atomic mass is 16.6. The summed E-state index contributed by atoms with van der Waals surface area (Å²) < 4.78 is 10.8. The molecule has 3 amide bonds. The van der Waals surface area contributed by atoms with Gasteiger partial charge in [0, 0.05) is 43.0 Å². The molecule has 10 nitrogen and oxygen atoms in total. The lowest BCUT2D eigenvalue weighted by Crippen LogP contribution is -2.67. The summed E-state index contributed by atoms with van der Waals surface area (Å²) in [7, 11) is 1.31. The topological polar surface area (TPSA) is 112 Å². The first kappa shape index (κ1) is 29.0. The van der Waals surface area contributed by atoms with E-state index in [-0.39, 0.29) is 38.6 Å². The highest BCUT2D eigenvalue weighted by Gasteiger charge is 2.51. The number of ether oxygens (including phenoxy) is 2. The van der Waals surface area contributed by atoms with Crippen LogP contribution in [0.25, 0.3) is 10.9 Å². The first-order valence-corrected chi connectivity index (χ1v) is 14.6. The minimum atomic E-state index is -1.03. The van der Waals surface area contributed by atoms with Crippen LogP contribution in [-0.2, 0) is 43.4 Å². The summed E-state index contributed by atoms with van der Waals surface area (Å²) in [6.07, 6.45) is -0.342. The molecule has 2 aliphatic rings. The third kappa shape index (κ3) is 5.50. The number of hydrogen-bond acceptors (Lipinski definition) is 6. The first-order chi connectivity index (χ1) is 21.4. The van der Waals surface area contributed by atoms with Gasteiger partial charge in [-0.3, -0.25) is 9.59 Å². The van der Waals surface area contributed by atoms with Crippen molar-refractivity contribution in [3.05, 3.63) is 107 Å². The zero-order chi connectivity index (χ0) is 30.8. The number of nitrogens with zero attached hydrogens (tertiary/aromatic N) is 3. The number of benzene rings is 3. The maximum atomic E-state index is 14.5. The maximum Gasteiger partial charge on any atom is 0.410 e. The number of esters is 1. The predicted molar refractivity (Wildman–Crippen MR) is 162 cm³/mol. The van der Waals surface area contributed by atoms with Crippen LogP contribution in [0.15, 0.2) is 84.9 Å². The lowest BCUT2D eigenvalue weighted by atomic mass is 9.88. The third-order valence-electron chi connectivity index (χ3n) is 8.48. The van der Waals surface area contributed by atoms with E-state index in [4.69, 9.17) is 9.47 Å². The summed E-state index contributed by atoms with van der Waals surface area (Å²) in [5.41, 5.74) is 4.29. The molecule has 226 valence electrons. The molecule has 3 aromatic carbocycles. The Kier molecular flexibility index (Phi) is 8.06. The molecule has 0 unspecified atom stereocenters. The molecule has 4 aromatic rings. The largest absolute Gasteiger partial charge is 0.467 e. The highest BCUT2D eigenvalue weighted by Crippen LogP contribution is 2.41. The molecule has 6 rings (SSSR count). The van der Waals surface area contributed by atoms with Gasteiger partial charge in [-0.1, -0.05) is 78.9 Å². The standard InChI is InChI=1S/C34H34N4O6/c1-22(39)37-20-29-31-26(25-15-9-10-16-27(25)35-31)17-28(33(41)43-2)38(29)32(40)30(37)19-36(18-23-11-5-3-6-12-23)34(42)44-21-24-13-7-4-8-14-24/h3-16,28-30,35H,17-21H2,1-2H3/t28-,29+,30+/m0/s1. The molecule has 10 heteroatoms. The van der Waals surface area contributed by atoms with Crippen LogP contribution in [-0.4, -0.2) is 75.8 Å². The second-order valence-electron chi connectivity index (χ2n) is 11.2. The van der Waals surface area contributed by atoms with Gasteiger partial charge in [0.2, 0.25) is 11.8 Å². The quantitative estimate of drug-likeness (QED) is 0.321. The SMILES string of the molecule is COC(=O)[C@@H]1Cc2c([nH]c3ccccc23)[C@H]2CN(C(C)=O)[C@H](CN(Cc3ccccc3)C(=O)OCc3ccccc3)C(=O)N21. The van der Waals surface area contributed by atoms with E-state index in [9.17, 15) is 19.2 Å². The first-order valence-electron chi connectivity index (χ1n) is 14.6. The Morgan fingerprint density at radius 1 is 0.932 bits per heavy atom. The zero-order valence-electron chi connectivity index (χ0n) is 24.6. The van der Waals surface area contributed by atoms with Gasteiger partial charge in [0.05, 0.1) is 19.7 Å². The van der Waals surface area contributed by atoms with Gasteiger partial charge >= 0.3 is 12.1 Å². The number of rotatable bonds is 7. The molecular formula is C34H34N4O6. The predicted octanol–water partition coefficient (Wildman–Crippen LogP) is 4.21. The van der Waals surface area contributed by atoms with Crippen molar-refractivity contribution in [2.45, 2.75) is 44.6 Å². The summed E-state index contributed by atoms with van der Waals surface area (Å²) in [6, 6.07) is 24.0. The van der Waals surface area contributed by atoms with E-state index in [0.717, 1.165) is 33.3 Å². The van der Waals surface area contributed by atoms with Crippen LogP contribution in [0, 0.1) is 0 Å². The lowest BCUT2D eigenvalue weighted by molar-refractivity contribution is -0.167. The van der Waals surface area contributed by atoms with Crippen molar-refractivity contribution >= 4 is 34.8 Å². The number of hydrogen-bond donors (Lipinski definition) is 1. The summed E-state index contributed by atoms with van der Waals surface area (Å²) in [5, 5.41) is 0.968. The third-order valence-corrected chi connectivity index (χ3v) is 8.48. The Labute approximate surface area is 255 Å². The number of para-hydroxylation sites is 1. The fraction of sp³-hybridized carbons (Fsp3) is 0.294. The molecule has 44 heavy (non-hydrogen) atoms. The molecule has 1 N–H and O–H groups in total. The summed E-state index contributed by atoms with van der Waals surface area (Å²) in [6.45, 7) is 1.68. The average molecular weight is 595 g/mol. The number of aromatic nitrogens is 1. The van der Waals surface area contributed by atoms with Crippen LogP contribution in [0.5, 0.6) is 0 Å². The fourth-order valence-corrected chi connectivity index (χ4v) is 6.36. The second kappa shape index (κ2) is 12.2. The number of fused-ring (bicyclic) bond motifs is 5. The van der Waals surface area contributed by atoms with Crippen molar-refractivity contribution < 1.29 is 28.7 Å². The number of nitrogens with one attached hydrogen (secondary N) is 1. The van der Waals surface area contributed by atoms with Gasteiger partial charge in [-0.05, 0) is 22.8 Å². The lowest BCUT2D eigenvalue weighted by Gasteiger charge is -2.50. The average Bonchev–Trinajstić information content (AvgIpc) is 3.43. The molecule has 1 fully saturated rings. The molecule has 0 spiro atoms. The molecule has 0 aliphatic carbocycles. The fourth-order valence-electron chi connectivity index (χ4n) is 6.36. The van der Waals surface area contributed by atoms with Gasteiger partial charge in [0.1, 0.15) is 18.7 Å². The number of piperazine rings is 1. The molecule has 0 bridgehead atoms. The Balaban J connectivity index is 1.34. The normalized spacial score (nSPS) is 19.2. The Morgan fingerprint density at radius 2 is 1.59 bits per heavy atom. The van der Waals surface area contributed by atoms with E-state index in [0.29, 0.717) is 0 Å². The van der Waals surface area contributed by atoms with Crippen LogP contribution in [0.3, 0.4) is 0 Å². The Morgan fingerprint density at radius 3 is 2.27 bits per heavy atom. The van der Waals surface area contributed by atoms with Crippen LogP contribution in [0.1, 0.15) is 35.3 Å². The van der Waals surface area contributed by atoms with Crippen molar-refractivity contribution in [2.75, 3.05) is 20.2 Å². The zero-order valence-corrected chi connectivity index (χ0v) is 24.6. The van der Waals surface area contributed by atoms with Gasteiger partial charge in [0.15, 0.2) is 0 Å². The minimum absolute atomic E-state index is 0.0573. The van der Waals surface area contributed by atoms with Gasteiger partial charge in [-0.2, -0.15) is 0 Å². The van der Waals surface area contributed by atoms with E-state index in [2.05, 4.69) is 4.98 Å². The number of aromatic amines is 1. The van der Waals surface area contributed by atoms with E-state index in [1.54, 1.807) is 4.90 Å². The van der Waals surface area contributed by atoms with Crippen LogP contribution >= 0.6 is 0 Å². The summed E-state index contributed by atoms with van der Waals surface area (Å²) in [4.78, 5) is 62.2. The monoisotopic (exact) mass is 594 g/mol. The summed E-state index contributed by atoms with van der Waals surface area (Å²) >= 11 is 0. The molecule has 0 saturated carbocycles. The second-order valence-corrected chi connectivity index (χ2v) is 11.2. The van der Waals surface area contributed by atoms with Crippen molar-refractivity contribution in [2.24, 2.45) is 0 Å². The molecular weight excluding hydrogens is 560 g/mol. The van der Waals surface area contributed by atoms with Crippen molar-refractivity contribution in [1.29, 1.82) is 0 Å². The maximum absolute atomic E-state index is 14.5. The van der Waals surface area contributed by atoms with Gasteiger partial charge in [-0.25, -0.2) is 9.59 Å². The van der Waals surface area contributed by atoms with Gasteiger partial charge in [-0.15, -0.1) is 0 Å². The molecule has 1 saturated heterocycles. The molecule has 3 atom stereocenters. The summed E-state index contributed by atoms with van der Waals surface area (Å²) in [5.74, 6) is -1.26. The van der Waals surface area contributed by atoms with Crippen LogP contribution < -0.4 is 0 Å². The van der Waals surface area contributed by atoms with Crippen molar-refractivity contribution in [3.8, 4) is 0 Å². The number of amides is 3. The highest BCUT2D eigenvalue weighted by molar-refractivity contribution is 5.95. The van der Waals surface area contributed by atoms with Gasteiger partial charge < -0.3 is 29.2 Å². The van der Waals surface area contributed by atoms with Crippen molar-refractivity contribution in [1.82, 2.24) is 19.7 Å². The molecule has 0 radical (unpaired) electrons. The molecule has 1 aromatic heterocycles. The Hall–Kier alpha value is -5.12. The van der Waals surface area contributed by atoms with E-state index in [1.807, 2.05) is 84.9 Å². The smallest absolute Gasteiger partial charge is 0.410 e. The number of carbonyl (C=O) groups is 4. The molecule has 3 heterocycles. The number of carbonyl (C=O) groups excluding carboxylic acids is 4. The van der Waals surface area contributed by atoms with E-state index in [1.165, 1.54) is 23.8 Å². The van der Waals surface area contributed by atoms with Gasteiger partial charge in [0.25, 0.3) is 0 Å². The van der Waals surface area contributed by atoms with Crippen molar-refractivity contribution in [3.63, 3.8) is 0 Å².